The molecule has 0 aliphatic heterocycles. The van der Waals surface area contributed by atoms with E-state index in [2.05, 4.69) is 4.74 Å². The van der Waals surface area contributed by atoms with Gasteiger partial charge in [-0.2, -0.15) is 8.78 Å². The molecule has 25 heavy (non-hydrogen) atoms. The third-order valence-electron chi connectivity index (χ3n) is 2.67. The molecule has 0 saturated heterocycles. The molecule has 0 saturated carbocycles. The molecule has 0 aliphatic carbocycles. The number of carbonyl (C=O) groups is 2. The van der Waals surface area contributed by atoms with Crippen molar-refractivity contribution in [2.24, 2.45) is 0 Å². The summed E-state index contributed by atoms with van der Waals surface area (Å²) in [5.41, 5.74) is 0. The van der Waals surface area contributed by atoms with Crippen LogP contribution in [0.1, 0.15) is 0 Å². The summed E-state index contributed by atoms with van der Waals surface area (Å²) in [7, 11) is 2.64. The van der Waals surface area contributed by atoms with Crippen LogP contribution < -0.4 is 14.2 Å². The second-order valence-electron chi connectivity index (χ2n) is 4.42. The Morgan fingerprint density at radius 2 is 1.60 bits per heavy atom. The summed E-state index contributed by atoms with van der Waals surface area (Å²) in [6.45, 7) is -1.82. The number of halogens is 4. The molecule has 0 atom stereocenters. The van der Waals surface area contributed by atoms with E-state index in [1.807, 2.05) is 0 Å². The van der Waals surface area contributed by atoms with E-state index in [-0.39, 0.29) is 17.2 Å². The predicted molar refractivity (Wildman–Crippen MR) is 76.2 cm³/mol. The average molecular weight is 366 g/mol. The van der Waals surface area contributed by atoms with Gasteiger partial charge in [-0.05, 0) is 12.1 Å². The highest BCUT2D eigenvalue weighted by Gasteiger charge is 2.42. The lowest BCUT2D eigenvalue weighted by atomic mass is 10.3. The van der Waals surface area contributed by atoms with Crippen molar-refractivity contribution in [3.05, 3.63) is 30.4 Å². The Bertz CT molecular complexity index is 623. The van der Waals surface area contributed by atoms with Crippen molar-refractivity contribution in [1.29, 1.82) is 0 Å². The number of esters is 2. The van der Waals surface area contributed by atoms with Crippen LogP contribution in [0, 0.1) is 0 Å². The van der Waals surface area contributed by atoms with Gasteiger partial charge in [-0.1, -0.05) is 6.07 Å². The van der Waals surface area contributed by atoms with Gasteiger partial charge in [0.25, 0.3) is 0 Å². The summed E-state index contributed by atoms with van der Waals surface area (Å²) < 4.78 is 67.8. The van der Waals surface area contributed by atoms with Gasteiger partial charge in [0.15, 0.2) is 18.1 Å². The van der Waals surface area contributed by atoms with Crippen LogP contribution in [0.5, 0.6) is 17.2 Å². The number of benzene rings is 1. The van der Waals surface area contributed by atoms with E-state index < -0.39 is 30.9 Å². The summed E-state index contributed by atoms with van der Waals surface area (Å²) in [4.78, 5) is 22.8. The Hall–Kier alpha value is -2.78. The van der Waals surface area contributed by atoms with Crippen LogP contribution in [0.2, 0.25) is 0 Å². The molecule has 0 N–H and O–H groups in total. The first-order valence-electron chi connectivity index (χ1n) is 6.65. The highest BCUT2D eigenvalue weighted by atomic mass is 19.3. The van der Waals surface area contributed by atoms with Crippen molar-refractivity contribution in [2.75, 3.05) is 20.8 Å². The molecular formula is C15H14F4O6. The van der Waals surface area contributed by atoms with E-state index >= 15 is 0 Å². The fourth-order valence-electron chi connectivity index (χ4n) is 1.47. The van der Waals surface area contributed by atoms with E-state index in [1.54, 1.807) is 6.07 Å². The molecule has 6 nitrogen and oxygen atoms in total. The van der Waals surface area contributed by atoms with Gasteiger partial charge in [-0.3, -0.25) is 0 Å². The highest BCUT2D eigenvalue weighted by Crippen LogP contribution is 2.36. The first-order valence-corrected chi connectivity index (χ1v) is 6.65. The molecule has 0 aromatic heterocycles. The van der Waals surface area contributed by atoms with Crippen LogP contribution in [0.15, 0.2) is 30.4 Å². The van der Waals surface area contributed by atoms with Crippen molar-refractivity contribution in [2.45, 2.75) is 12.3 Å². The smallest absolute Gasteiger partial charge is 0.340 e. The van der Waals surface area contributed by atoms with Crippen molar-refractivity contribution in [1.82, 2.24) is 0 Å². The lowest BCUT2D eigenvalue weighted by Gasteiger charge is -2.14. The second kappa shape index (κ2) is 8.90. The lowest BCUT2D eigenvalue weighted by molar-refractivity contribution is -0.176. The maximum Gasteiger partial charge on any atom is 0.340 e. The fourth-order valence-corrected chi connectivity index (χ4v) is 1.47. The average Bonchev–Trinajstić information content (AvgIpc) is 2.58. The molecule has 10 heteroatoms. The van der Waals surface area contributed by atoms with Gasteiger partial charge in [0.2, 0.25) is 5.75 Å². The van der Waals surface area contributed by atoms with Crippen LogP contribution >= 0.6 is 0 Å². The minimum Gasteiger partial charge on any atom is -0.493 e. The number of carbonyl (C=O) groups excluding carboxylic acids is 2. The van der Waals surface area contributed by atoms with Crippen LogP contribution in [-0.2, 0) is 14.3 Å². The van der Waals surface area contributed by atoms with E-state index in [0.29, 0.717) is 12.2 Å². The maximum atomic E-state index is 12.6. The highest BCUT2D eigenvalue weighted by molar-refractivity contribution is 5.93. The summed E-state index contributed by atoms with van der Waals surface area (Å²) in [6, 6.07) is 4.54. The van der Waals surface area contributed by atoms with Crippen molar-refractivity contribution >= 4 is 11.9 Å². The molecule has 0 spiro atoms. The van der Waals surface area contributed by atoms with Crippen molar-refractivity contribution in [3.8, 4) is 17.2 Å². The molecule has 0 unspecified atom stereocenters. The zero-order valence-electron chi connectivity index (χ0n) is 13.1. The summed E-state index contributed by atoms with van der Waals surface area (Å²) in [5, 5.41) is 0. The van der Waals surface area contributed by atoms with Gasteiger partial charge in [0, 0.05) is 12.2 Å². The molecule has 0 fully saturated rings. The number of hydrogen-bond donors (Lipinski definition) is 0. The van der Waals surface area contributed by atoms with E-state index in [9.17, 15) is 27.2 Å². The molecule has 0 amide bonds. The molecular weight excluding hydrogens is 352 g/mol. The Kier molecular flexibility index (Phi) is 7.22. The molecule has 0 aliphatic rings. The topological polar surface area (TPSA) is 71.1 Å². The number of para-hydroxylation sites is 1. The molecule has 138 valence electrons. The lowest BCUT2D eigenvalue weighted by Crippen LogP contribution is -2.33. The molecule has 0 radical (unpaired) electrons. The van der Waals surface area contributed by atoms with Gasteiger partial charge in [-0.25, -0.2) is 18.4 Å². The molecule has 0 bridgehead atoms. The van der Waals surface area contributed by atoms with Crippen LogP contribution in [0.4, 0.5) is 17.6 Å². The minimum atomic E-state index is -4.48. The largest absolute Gasteiger partial charge is 0.493 e. The number of methoxy groups -OCH3 is 2. The van der Waals surface area contributed by atoms with Gasteiger partial charge < -0.3 is 18.9 Å². The monoisotopic (exact) mass is 366 g/mol. The second-order valence-corrected chi connectivity index (χ2v) is 4.42. The van der Waals surface area contributed by atoms with Gasteiger partial charge >= 0.3 is 24.3 Å². The number of hydrogen-bond acceptors (Lipinski definition) is 6. The van der Waals surface area contributed by atoms with Gasteiger partial charge in [0.05, 0.1) is 14.2 Å². The molecule has 1 rings (SSSR count). The van der Waals surface area contributed by atoms with E-state index in [1.165, 1.54) is 26.4 Å². The van der Waals surface area contributed by atoms with Crippen LogP contribution in [0.25, 0.3) is 0 Å². The number of rotatable bonds is 8. The summed E-state index contributed by atoms with van der Waals surface area (Å²) >= 11 is 0. The third-order valence-corrected chi connectivity index (χ3v) is 2.67. The Labute approximate surface area is 139 Å². The SMILES string of the molecule is COc1cccc(OC)c1OC(=O)/C=C/C(=O)OCC(F)(F)C(F)F. The summed E-state index contributed by atoms with van der Waals surface area (Å²) in [5.74, 6) is -6.70. The van der Waals surface area contributed by atoms with Gasteiger partial charge in [0.1, 0.15) is 0 Å². The van der Waals surface area contributed by atoms with Crippen molar-refractivity contribution < 1.29 is 46.1 Å². The normalized spacial score (nSPS) is 11.5. The quantitative estimate of drug-likeness (QED) is 0.305. The van der Waals surface area contributed by atoms with E-state index in [0.717, 1.165) is 0 Å². The molecule has 1 aromatic carbocycles. The number of ether oxygens (including phenoxy) is 4. The Balaban J connectivity index is 2.68. The van der Waals surface area contributed by atoms with Crippen LogP contribution in [0.3, 0.4) is 0 Å². The first-order chi connectivity index (χ1) is 11.7. The fraction of sp³-hybridized carbons (Fsp3) is 0.333. The molecule has 1 aromatic rings. The molecule has 0 heterocycles. The minimum absolute atomic E-state index is 0.0697. The first kappa shape index (κ1) is 20.3. The standard InChI is InChI=1S/C15H14F4O6/c1-22-9-4-3-5-10(23-2)13(9)25-12(21)7-6-11(20)24-8-15(18,19)14(16)17/h3-7,14H,8H2,1-2H3/b7-6+. The zero-order chi connectivity index (χ0) is 19.0. The Morgan fingerprint density at radius 3 is 2.08 bits per heavy atom. The Morgan fingerprint density at radius 1 is 1.08 bits per heavy atom. The van der Waals surface area contributed by atoms with Gasteiger partial charge in [-0.15, -0.1) is 0 Å². The predicted octanol–water partition coefficient (Wildman–Crippen LogP) is 2.61. The third kappa shape index (κ3) is 5.98. The summed E-state index contributed by atoms with van der Waals surface area (Å²) in [6.07, 6.45) is -2.94. The zero-order valence-corrected chi connectivity index (χ0v) is 13.1. The maximum absolute atomic E-state index is 12.6. The van der Waals surface area contributed by atoms with Crippen molar-refractivity contribution in [3.63, 3.8) is 0 Å². The number of alkyl halides is 4. The van der Waals surface area contributed by atoms with E-state index in [4.69, 9.17) is 14.2 Å². The van der Waals surface area contributed by atoms with Crippen LogP contribution in [-0.4, -0.2) is 45.1 Å².